The van der Waals surface area contributed by atoms with Gasteiger partial charge in [-0.15, -0.1) is 0 Å². The third kappa shape index (κ3) is 4.45. The van der Waals surface area contributed by atoms with Gasteiger partial charge in [-0.2, -0.15) is 4.98 Å². The van der Waals surface area contributed by atoms with E-state index in [1.165, 1.54) is 6.39 Å². The molecule has 2 aromatic rings. The summed E-state index contributed by atoms with van der Waals surface area (Å²) in [5.41, 5.74) is -0.00578. The zero-order valence-corrected chi connectivity index (χ0v) is 14.9. The van der Waals surface area contributed by atoms with E-state index in [-0.39, 0.29) is 29.9 Å². The molecule has 3 rings (SSSR count). The van der Waals surface area contributed by atoms with Gasteiger partial charge in [-0.05, 0) is 33.6 Å². The first kappa shape index (κ1) is 17.6. The van der Waals surface area contributed by atoms with Gasteiger partial charge in [0.1, 0.15) is 6.61 Å². The smallest absolute Gasteiger partial charge is 0.276 e. The van der Waals surface area contributed by atoms with Gasteiger partial charge in [-0.25, -0.2) is 0 Å². The van der Waals surface area contributed by atoms with Crippen LogP contribution in [0.4, 0.5) is 0 Å². The van der Waals surface area contributed by atoms with Crippen molar-refractivity contribution in [2.45, 2.75) is 64.7 Å². The Labute approximate surface area is 146 Å². The molecule has 1 aliphatic heterocycles. The normalized spacial score (nSPS) is 19.0. The molecule has 2 aromatic heterocycles. The standard InChI is InChI=1S/C17H24N4O4/c1-17(2,3)23-10-12-9-13(19-25-12)16(22)21-8-6-4-5-7-14(21)15-18-11-24-20-15/h9,11,14H,4-8,10H2,1-3H3. The Kier molecular flexibility index (Phi) is 5.17. The average Bonchev–Trinajstić information content (AvgIpc) is 3.19. The van der Waals surface area contributed by atoms with Crippen LogP contribution in [0.2, 0.25) is 0 Å². The summed E-state index contributed by atoms with van der Waals surface area (Å²) in [5, 5.41) is 7.85. The van der Waals surface area contributed by atoms with Crippen LogP contribution in [0.25, 0.3) is 0 Å². The summed E-state index contributed by atoms with van der Waals surface area (Å²) in [5.74, 6) is 0.890. The molecule has 0 radical (unpaired) electrons. The first-order valence-electron chi connectivity index (χ1n) is 8.61. The first-order chi connectivity index (χ1) is 11.9. The Hall–Kier alpha value is -2.22. The van der Waals surface area contributed by atoms with Crippen LogP contribution in [0.15, 0.2) is 21.5 Å². The maximum atomic E-state index is 12.9. The van der Waals surface area contributed by atoms with Crippen LogP contribution in [-0.2, 0) is 11.3 Å². The number of ether oxygens (including phenoxy) is 1. The molecule has 8 heteroatoms. The highest BCUT2D eigenvalue weighted by atomic mass is 16.5. The van der Waals surface area contributed by atoms with E-state index < -0.39 is 0 Å². The number of carbonyl (C=O) groups excluding carboxylic acids is 1. The average molecular weight is 348 g/mol. The molecule has 1 unspecified atom stereocenters. The summed E-state index contributed by atoms with van der Waals surface area (Å²) >= 11 is 0. The van der Waals surface area contributed by atoms with E-state index in [1.54, 1.807) is 11.0 Å². The Balaban J connectivity index is 1.75. The van der Waals surface area contributed by atoms with Gasteiger partial charge in [0.15, 0.2) is 17.3 Å². The van der Waals surface area contributed by atoms with Crippen molar-refractivity contribution in [1.29, 1.82) is 0 Å². The Morgan fingerprint density at radius 1 is 1.32 bits per heavy atom. The molecule has 1 fully saturated rings. The van der Waals surface area contributed by atoms with Crippen molar-refractivity contribution >= 4 is 5.91 Å². The van der Waals surface area contributed by atoms with Crippen LogP contribution in [-0.4, -0.2) is 38.3 Å². The third-order valence-electron chi connectivity index (χ3n) is 4.12. The number of amides is 1. The molecule has 0 saturated carbocycles. The SMILES string of the molecule is CC(C)(C)OCc1cc(C(=O)N2CCCCCC2c2ncon2)no1. The molecule has 0 aliphatic carbocycles. The highest BCUT2D eigenvalue weighted by molar-refractivity contribution is 5.92. The van der Waals surface area contributed by atoms with E-state index in [0.717, 1.165) is 25.7 Å². The maximum Gasteiger partial charge on any atom is 0.276 e. The lowest BCUT2D eigenvalue weighted by atomic mass is 10.1. The van der Waals surface area contributed by atoms with Gasteiger partial charge in [0.25, 0.3) is 5.91 Å². The van der Waals surface area contributed by atoms with Crippen molar-refractivity contribution < 1.29 is 18.6 Å². The zero-order chi connectivity index (χ0) is 17.9. The quantitative estimate of drug-likeness (QED) is 0.837. The number of hydrogen-bond acceptors (Lipinski definition) is 7. The number of rotatable bonds is 4. The monoisotopic (exact) mass is 348 g/mol. The molecule has 25 heavy (non-hydrogen) atoms. The Morgan fingerprint density at radius 3 is 2.88 bits per heavy atom. The van der Waals surface area contributed by atoms with Crippen LogP contribution in [0.3, 0.4) is 0 Å². The van der Waals surface area contributed by atoms with E-state index in [1.807, 2.05) is 20.8 Å². The third-order valence-corrected chi connectivity index (χ3v) is 4.12. The second kappa shape index (κ2) is 7.35. The summed E-state index contributed by atoms with van der Waals surface area (Å²) in [4.78, 5) is 18.9. The van der Waals surface area contributed by atoms with E-state index in [9.17, 15) is 4.79 Å². The molecule has 136 valence electrons. The lowest BCUT2D eigenvalue weighted by molar-refractivity contribution is -0.0241. The number of hydrogen-bond donors (Lipinski definition) is 0. The molecule has 0 aromatic carbocycles. The minimum Gasteiger partial charge on any atom is -0.368 e. The molecule has 0 spiro atoms. The fourth-order valence-corrected chi connectivity index (χ4v) is 2.86. The predicted octanol–water partition coefficient (Wildman–Crippen LogP) is 3.13. The van der Waals surface area contributed by atoms with Gasteiger partial charge in [0.2, 0.25) is 6.39 Å². The minimum atomic E-state index is -0.286. The first-order valence-corrected chi connectivity index (χ1v) is 8.61. The molecule has 3 heterocycles. The molecule has 1 aliphatic rings. The van der Waals surface area contributed by atoms with Gasteiger partial charge in [-0.3, -0.25) is 4.79 Å². The lowest BCUT2D eigenvalue weighted by Gasteiger charge is -2.26. The fourth-order valence-electron chi connectivity index (χ4n) is 2.86. The topological polar surface area (TPSA) is 94.5 Å². The van der Waals surface area contributed by atoms with E-state index in [2.05, 4.69) is 15.3 Å². The maximum absolute atomic E-state index is 12.9. The van der Waals surface area contributed by atoms with E-state index in [4.69, 9.17) is 13.8 Å². The van der Waals surface area contributed by atoms with E-state index in [0.29, 0.717) is 18.1 Å². The highest BCUT2D eigenvalue weighted by Gasteiger charge is 2.32. The Morgan fingerprint density at radius 2 is 2.16 bits per heavy atom. The summed E-state index contributed by atoms with van der Waals surface area (Å²) in [6.07, 6.45) is 5.13. The zero-order valence-electron chi connectivity index (χ0n) is 14.9. The fraction of sp³-hybridized carbons (Fsp3) is 0.647. The molecule has 1 saturated heterocycles. The number of carbonyl (C=O) groups is 1. The second-order valence-corrected chi connectivity index (χ2v) is 7.23. The van der Waals surface area contributed by atoms with Crippen LogP contribution >= 0.6 is 0 Å². The summed E-state index contributed by atoms with van der Waals surface area (Å²) in [6.45, 7) is 6.79. The minimum absolute atomic E-state index is 0.178. The highest BCUT2D eigenvalue weighted by Crippen LogP contribution is 2.29. The summed E-state index contributed by atoms with van der Waals surface area (Å²) < 4.78 is 15.8. The van der Waals surface area contributed by atoms with Crippen molar-refractivity contribution in [2.75, 3.05) is 6.54 Å². The van der Waals surface area contributed by atoms with Crippen LogP contribution in [0.5, 0.6) is 0 Å². The predicted molar refractivity (Wildman–Crippen MR) is 87.6 cm³/mol. The molecule has 8 nitrogen and oxygen atoms in total. The number of aromatic nitrogens is 3. The Bertz CT molecular complexity index is 690. The van der Waals surface area contributed by atoms with Gasteiger partial charge in [0, 0.05) is 12.6 Å². The molecule has 0 bridgehead atoms. The van der Waals surface area contributed by atoms with Gasteiger partial charge in [-0.1, -0.05) is 23.2 Å². The van der Waals surface area contributed by atoms with Crippen molar-refractivity contribution in [2.24, 2.45) is 0 Å². The molecular weight excluding hydrogens is 324 g/mol. The number of nitrogens with zero attached hydrogens (tertiary/aromatic N) is 4. The van der Waals surface area contributed by atoms with Gasteiger partial charge >= 0.3 is 0 Å². The largest absolute Gasteiger partial charge is 0.368 e. The number of likely N-dealkylation sites (tertiary alicyclic amines) is 1. The summed E-state index contributed by atoms with van der Waals surface area (Å²) in [7, 11) is 0. The van der Waals surface area contributed by atoms with Crippen molar-refractivity contribution in [3.8, 4) is 0 Å². The van der Waals surface area contributed by atoms with Crippen molar-refractivity contribution in [3.63, 3.8) is 0 Å². The molecular formula is C17H24N4O4. The summed E-state index contributed by atoms with van der Waals surface area (Å²) in [6, 6.07) is 1.45. The van der Waals surface area contributed by atoms with Crippen LogP contribution in [0.1, 0.15) is 74.6 Å². The second-order valence-electron chi connectivity index (χ2n) is 7.23. The molecule has 1 amide bonds. The van der Waals surface area contributed by atoms with E-state index >= 15 is 0 Å². The lowest BCUT2D eigenvalue weighted by Crippen LogP contribution is -2.35. The molecule has 1 atom stereocenters. The van der Waals surface area contributed by atoms with Crippen molar-refractivity contribution in [1.82, 2.24) is 20.2 Å². The van der Waals surface area contributed by atoms with Crippen molar-refractivity contribution in [3.05, 3.63) is 29.7 Å². The van der Waals surface area contributed by atoms with Gasteiger partial charge < -0.3 is 18.7 Å². The van der Waals surface area contributed by atoms with Gasteiger partial charge in [0.05, 0.1) is 11.6 Å². The van der Waals surface area contributed by atoms with Crippen LogP contribution in [0, 0.1) is 0 Å². The molecule has 0 N–H and O–H groups in total. The van der Waals surface area contributed by atoms with Crippen LogP contribution < -0.4 is 0 Å².